The minimum atomic E-state index is 0.922. The first kappa shape index (κ1) is 29.0. The molecule has 0 spiro atoms. The van der Waals surface area contributed by atoms with Gasteiger partial charge in [-0.1, -0.05) is 151 Å². The molecule has 0 heteroatoms. The Morgan fingerprint density at radius 1 is 0.586 bits per heavy atom. The van der Waals surface area contributed by atoms with E-state index < -0.39 is 0 Å². The van der Waals surface area contributed by atoms with E-state index in [2.05, 4.69) is 48.5 Å². The van der Waals surface area contributed by atoms with Crippen molar-refractivity contribution in [3.8, 4) is 0 Å². The average Bonchev–Trinajstić information content (AvgIpc) is 3.41. The molecule has 0 amide bonds. The molecule has 0 radical (unpaired) electrons. The zero-order chi connectivity index (χ0) is 21.9. The van der Waals surface area contributed by atoms with E-state index in [0.29, 0.717) is 0 Å². The van der Waals surface area contributed by atoms with Crippen molar-refractivity contribution in [2.45, 2.75) is 158 Å². The number of hydrogen-bond acceptors (Lipinski definition) is 0. The van der Waals surface area contributed by atoms with Crippen molar-refractivity contribution < 1.29 is 0 Å². The van der Waals surface area contributed by atoms with Gasteiger partial charge in [0.1, 0.15) is 0 Å². The van der Waals surface area contributed by atoms with Gasteiger partial charge in [0.15, 0.2) is 0 Å². The molecule has 0 aromatic carbocycles. The second-order valence-electron chi connectivity index (χ2n) is 11.0. The third-order valence-electron chi connectivity index (χ3n) is 7.26. The van der Waals surface area contributed by atoms with E-state index >= 15 is 0 Å². The molecular formula is C29H60. The molecule has 0 N–H and O–H groups in total. The van der Waals surface area contributed by atoms with E-state index in [-0.39, 0.29) is 0 Å². The van der Waals surface area contributed by atoms with Gasteiger partial charge < -0.3 is 0 Å². The van der Waals surface area contributed by atoms with E-state index in [1.54, 1.807) is 0 Å². The molecule has 3 fully saturated rings. The summed E-state index contributed by atoms with van der Waals surface area (Å²) in [6.45, 7) is 16.2. The monoisotopic (exact) mass is 408 g/mol. The first-order valence-electron chi connectivity index (χ1n) is 13.9. The van der Waals surface area contributed by atoms with Crippen molar-refractivity contribution in [1.29, 1.82) is 0 Å². The molecule has 0 saturated heterocycles. The van der Waals surface area contributed by atoms with Crippen LogP contribution in [-0.4, -0.2) is 0 Å². The molecule has 0 aromatic rings. The van der Waals surface area contributed by atoms with Crippen LogP contribution in [0, 0.1) is 29.6 Å². The van der Waals surface area contributed by atoms with Crippen LogP contribution in [0.5, 0.6) is 0 Å². The summed E-state index contributed by atoms with van der Waals surface area (Å²) < 4.78 is 0. The second-order valence-corrected chi connectivity index (χ2v) is 11.0. The van der Waals surface area contributed by atoms with Crippen molar-refractivity contribution >= 4 is 0 Å². The molecule has 1 unspecified atom stereocenters. The van der Waals surface area contributed by atoms with Gasteiger partial charge in [-0.2, -0.15) is 0 Å². The summed E-state index contributed by atoms with van der Waals surface area (Å²) in [4.78, 5) is 0. The predicted molar refractivity (Wildman–Crippen MR) is 136 cm³/mol. The molecule has 176 valence electrons. The largest absolute Gasteiger partial charge is 0.0654 e. The summed E-state index contributed by atoms with van der Waals surface area (Å²) in [7, 11) is 0. The van der Waals surface area contributed by atoms with Gasteiger partial charge in [-0.3, -0.25) is 0 Å². The maximum atomic E-state index is 2.44. The summed E-state index contributed by atoms with van der Waals surface area (Å²) in [5.74, 6) is 5.09. The number of rotatable bonds is 10. The summed E-state index contributed by atoms with van der Waals surface area (Å²) in [5.41, 5.74) is 0. The summed E-state index contributed by atoms with van der Waals surface area (Å²) in [5, 5.41) is 0. The maximum absolute atomic E-state index is 2.44. The van der Waals surface area contributed by atoms with E-state index in [0.717, 1.165) is 29.6 Å². The molecule has 0 nitrogen and oxygen atoms in total. The lowest BCUT2D eigenvalue weighted by Crippen LogP contribution is -2.11. The van der Waals surface area contributed by atoms with Crippen LogP contribution in [0.3, 0.4) is 0 Å². The van der Waals surface area contributed by atoms with Gasteiger partial charge in [-0.25, -0.2) is 0 Å². The van der Waals surface area contributed by atoms with Gasteiger partial charge in [0.05, 0.1) is 0 Å². The van der Waals surface area contributed by atoms with Crippen LogP contribution >= 0.6 is 0 Å². The molecule has 2 atom stereocenters. The highest BCUT2D eigenvalue weighted by Crippen LogP contribution is 2.38. The lowest BCUT2D eigenvalue weighted by molar-refractivity contribution is 0.277. The normalized spacial score (nSPS) is 19.9. The molecular weight excluding hydrogens is 348 g/mol. The first-order valence-corrected chi connectivity index (χ1v) is 13.9. The molecule has 0 aliphatic heterocycles. The van der Waals surface area contributed by atoms with E-state index in [1.807, 2.05) is 0 Å². The van der Waals surface area contributed by atoms with Gasteiger partial charge in [-0.05, 0) is 36.0 Å². The van der Waals surface area contributed by atoms with Gasteiger partial charge in [-0.15, -0.1) is 0 Å². The molecule has 0 heterocycles. The molecule has 0 aromatic heterocycles. The third kappa shape index (κ3) is 19.7. The van der Waals surface area contributed by atoms with E-state index in [1.165, 1.54) is 109 Å². The Hall–Kier alpha value is 0. The fraction of sp³-hybridized carbons (Fsp3) is 1.00. The molecule has 3 aliphatic rings. The third-order valence-corrected chi connectivity index (χ3v) is 7.26. The van der Waals surface area contributed by atoms with Gasteiger partial charge in [0.25, 0.3) is 0 Å². The molecule has 29 heavy (non-hydrogen) atoms. The Bertz CT molecular complexity index is 300. The second kappa shape index (κ2) is 19.9. The quantitative estimate of drug-likeness (QED) is 0.337. The van der Waals surface area contributed by atoms with Gasteiger partial charge in [0, 0.05) is 0 Å². The van der Waals surface area contributed by atoms with Crippen molar-refractivity contribution in [2.24, 2.45) is 29.6 Å². The summed E-state index contributed by atoms with van der Waals surface area (Å²) in [6.07, 6.45) is 24.9. The molecule has 0 bridgehead atoms. The highest BCUT2D eigenvalue weighted by Gasteiger charge is 2.25. The Labute approximate surface area is 187 Å². The van der Waals surface area contributed by atoms with Crippen LogP contribution in [0.2, 0.25) is 0 Å². The van der Waals surface area contributed by atoms with Crippen molar-refractivity contribution in [3.63, 3.8) is 0 Å². The van der Waals surface area contributed by atoms with Crippen LogP contribution in [0.25, 0.3) is 0 Å². The molecule has 3 saturated carbocycles. The van der Waals surface area contributed by atoms with Crippen LogP contribution in [0.4, 0.5) is 0 Å². The van der Waals surface area contributed by atoms with Gasteiger partial charge in [0.2, 0.25) is 0 Å². The predicted octanol–water partition coefficient (Wildman–Crippen LogP) is 10.8. The van der Waals surface area contributed by atoms with E-state index in [9.17, 15) is 0 Å². The fourth-order valence-corrected chi connectivity index (χ4v) is 3.52. The van der Waals surface area contributed by atoms with Crippen LogP contribution in [0.15, 0.2) is 0 Å². The minimum Gasteiger partial charge on any atom is -0.0654 e. The Morgan fingerprint density at radius 3 is 1.45 bits per heavy atom. The smallest absolute Gasteiger partial charge is 0.0411 e. The summed E-state index contributed by atoms with van der Waals surface area (Å²) >= 11 is 0. The lowest BCUT2D eigenvalue weighted by atomic mass is 9.81. The van der Waals surface area contributed by atoms with Crippen molar-refractivity contribution in [2.75, 3.05) is 0 Å². The minimum absolute atomic E-state index is 0.922. The van der Waals surface area contributed by atoms with Crippen LogP contribution in [0.1, 0.15) is 158 Å². The fourth-order valence-electron chi connectivity index (χ4n) is 3.52. The zero-order valence-electron chi connectivity index (χ0n) is 21.9. The first-order chi connectivity index (χ1) is 13.9. The molecule has 3 aliphatic carbocycles. The van der Waals surface area contributed by atoms with Crippen LogP contribution in [-0.2, 0) is 0 Å². The highest BCUT2D eigenvalue weighted by molar-refractivity contribution is 4.77. The standard InChI is InChI=1S/C12H24.C9H18.C4H8.C4H10/c1-4-5-6-10(2)11(3)9-12-7-8-12;1-8(2)6-7-9-4-3-5-9;1-2-4-3-1;1-3-4-2/h10-12H,4-9H2,1-3H3;8-9H,3-7H2,1-2H3;1-4H2;3-4H2,1-2H3/t10?,11-;;;/m0.../s1. The van der Waals surface area contributed by atoms with Crippen molar-refractivity contribution in [3.05, 3.63) is 0 Å². The van der Waals surface area contributed by atoms with Crippen molar-refractivity contribution in [1.82, 2.24) is 0 Å². The Kier molecular flexibility index (Phi) is 19.9. The zero-order valence-corrected chi connectivity index (χ0v) is 21.9. The average molecular weight is 409 g/mol. The lowest BCUT2D eigenvalue weighted by Gasteiger charge is -2.25. The van der Waals surface area contributed by atoms with Crippen LogP contribution < -0.4 is 0 Å². The SMILES string of the molecule is C1CCC1.CC(C)CCC1CCC1.CCCC.CCCCC(C)[C@@H](C)CC1CC1. The topological polar surface area (TPSA) is 0 Å². The van der Waals surface area contributed by atoms with Gasteiger partial charge >= 0.3 is 0 Å². The molecule has 3 rings (SSSR count). The number of hydrogen-bond donors (Lipinski definition) is 0. The summed E-state index contributed by atoms with van der Waals surface area (Å²) in [6, 6.07) is 0. The highest BCUT2D eigenvalue weighted by atomic mass is 14.3. The maximum Gasteiger partial charge on any atom is -0.0411 e. The Morgan fingerprint density at radius 2 is 1.14 bits per heavy atom. The number of unbranched alkanes of at least 4 members (excludes halogenated alkanes) is 2. The Balaban J connectivity index is 0.000000402. The van der Waals surface area contributed by atoms with E-state index in [4.69, 9.17) is 0 Å².